The molecule has 102 valence electrons. The number of carbonyl (C=O) groups is 2. The highest BCUT2D eigenvalue weighted by Crippen LogP contribution is 2.03. The molecule has 5 heteroatoms. The lowest BCUT2D eigenvalue weighted by Gasteiger charge is -2.03. The summed E-state index contributed by atoms with van der Waals surface area (Å²) in [4.78, 5) is 22.2. The SMILES string of the molecule is CCCOC(=O)CCCCC(=O)OCCC.Cl. The van der Waals surface area contributed by atoms with Crippen LogP contribution in [0.2, 0.25) is 0 Å². The number of halogens is 1. The number of hydrogen-bond donors (Lipinski definition) is 0. The van der Waals surface area contributed by atoms with Crippen molar-refractivity contribution in [2.75, 3.05) is 13.2 Å². The first-order chi connectivity index (χ1) is 7.70. The van der Waals surface area contributed by atoms with Crippen LogP contribution in [0.1, 0.15) is 52.4 Å². The van der Waals surface area contributed by atoms with Gasteiger partial charge < -0.3 is 9.47 Å². The fraction of sp³-hybridized carbons (Fsp3) is 0.833. The van der Waals surface area contributed by atoms with Crippen molar-refractivity contribution in [3.8, 4) is 0 Å². The molecule has 0 aromatic carbocycles. The van der Waals surface area contributed by atoms with Gasteiger partial charge >= 0.3 is 11.9 Å². The van der Waals surface area contributed by atoms with E-state index in [0.717, 1.165) is 12.8 Å². The summed E-state index contributed by atoms with van der Waals surface area (Å²) in [5, 5.41) is 0. The van der Waals surface area contributed by atoms with Gasteiger partial charge in [0.05, 0.1) is 13.2 Å². The van der Waals surface area contributed by atoms with Crippen LogP contribution in [0.4, 0.5) is 0 Å². The summed E-state index contributed by atoms with van der Waals surface area (Å²) in [5.41, 5.74) is 0. The Labute approximate surface area is 109 Å². The van der Waals surface area contributed by atoms with Crippen molar-refractivity contribution in [2.45, 2.75) is 52.4 Å². The van der Waals surface area contributed by atoms with Gasteiger partial charge in [-0.25, -0.2) is 0 Å². The number of rotatable bonds is 9. The van der Waals surface area contributed by atoms with Crippen molar-refractivity contribution in [1.82, 2.24) is 0 Å². The van der Waals surface area contributed by atoms with E-state index in [1.165, 1.54) is 0 Å². The maximum Gasteiger partial charge on any atom is 0.305 e. The number of hydrogen-bond acceptors (Lipinski definition) is 4. The summed E-state index contributed by atoms with van der Waals surface area (Å²) >= 11 is 0. The van der Waals surface area contributed by atoms with Crippen LogP contribution < -0.4 is 0 Å². The molecular formula is C12H23ClO4. The van der Waals surface area contributed by atoms with Gasteiger partial charge in [0.15, 0.2) is 0 Å². The summed E-state index contributed by atoms with van der Waals surface area (Å²) < 4.78 is 9.82. The fourth-order valence-electron chi connectivity index (χ4n) is 1.11. The molecule has 0 aliphatic heterocycles. The molecule has 0 amide bonds. The van der Waals surface area contributed by atoms with Gasteiger partial charge in [-0.2, -0.15) is 0 Å². The van der Waals surface area contributed by atoms with Crippen LogP contribution in [-0.2, 0) is 19.1 Å². The van der Waals surface area contributed by atoms with E-state index in [2.05, 4.69) is 0 Å². The molecule has 0 N–H and O–H groups in total. The number of esters is 2. The topological polar surface area (TPSA) is 52.6 Å². The second kappa shape index (κ2) is 13.3. The van der Waals surface area contributed by atoms with Crippen LogP contribution in [-0.4, -0.2) is 25.2 Å². The van der Waals surface area contributed by atoms with Gasteiger partial charge in [-0.15, -0.1) is 12.4 Å². The van der Waals surface area contributed by atoms with Crippen molar-refractivity contribution in [3.63, 3.8) is 0 Å². The van der Waals surface area contributed by atoms with Gasteiger partial charge in [-0.1, -0.05) is 13.8 Å². The predicted molar refractivity (Wildman–Crippen MR) is 68.2 cm³/mol. The lowest BCUT2D eigenvalue weighted by Crippen LogP contribution is -2.07. The van der Waals surface area contributed by atoms with Crippen LogP contribution in [0.25, 0.3) is 0 Å². The van der Waals surface area contributed by atoms with Crippen molar-refractivity contribution >= 4 is 24.3 Å². The first-order valence-electron chi connectivity index (χ1n) is 6.02. The molecule has 4 nitrogen and oxygen atoms in total. The molecule has 17 heavy (non-hydrogen) atoms. The molecule has 0 saturated heterocycles. The van der Waals surface area contributed by atoms with Gasteiger partial charge in [-0.3, -0.25) is 9.59 Å². The maximum absolute atomic E-state index is 11.1. The van der Waals surface area contributed by atoms with Crippen molar-refractivity contribution in [1.29, 1.82) is 0 Å². The minimum atomic E-state index is -0.177. The van der Waals surface area contributed by atoms with E-state index in [4.69, 9.17) is 9.47 Å². The van der Waals surface area contributed by atoms with Gasteiger partial charge in [0.2, 0.25) is 0 Å². The smallest absolute Gasteiger partial charge is 0.305 e. The first-order valence-corrected chi connectivity index (χ1v) is 6.02. The number of unbranched alkanes of at least 4 members (excludes halogenated alkanes) is 1. The van der Waals surface area contributed by atoms with Crippen LogP contribution in [0.5, 0.6) is 0 Å². The van der Waals surface area contributed by atoms with Crippen LogP contribution in [0, 0.1) is 0 Å². The summed E-state index contributed by atoms with van der Waals surface area (Å²) in [6, 6.07) is 0. The molecule has 0 spiro atoms. The summed E-state index contributed by atoms with van der Waals surface area (Å²) in [5.74, 6) is -0.354. The highest BCUT2D eigenvalue weighted by molar-refractivity contribution is 5.85. The number of ether oxygens (including phenoxy) is 2. The third kappa shape index (κ3) is 13.2. The molecule has 0 bridgehead atoms. The molecular weight excluding hydrogens is 244 g/mol. The van der Waals surface area contributed by atoms with Crippen LogP contribution in [0.3, 0.4) is 0 Å². The van der Waals surface area contributed by atoms with Gasteiger partial charge in [-0.05, 0) is 25.7 Å². The van der Waals surface area contributed by atoms with Gasteiger partial charge in [0.25, 0.3) is 0 Å². The van der Waals surface area contributed by atoms with E-state index in [9.17, 15) is 9.59 Å². The molecule has 0 aromatic rings. The highest BCUT2D eigenvalue weighted by Gasteiger charge is 2.05. The molecule has 0 heterocycles. The lowest BCUT2D eigenvalue weighted by atomic mass is 10.2. The van der Waals surface area contributed by atoms with Gasteiger partial charge in [0, 0.05) is 12.8 Å². The molecule has 0 atom stereocenters. The highest BCUT2D eigenvalue weighted by atomic mass is 35.5. The molecule has 0 saturated carbocycles. The average molecular weight is 267 g/mol. The van der Waals surface area contributed by atoms with E-state index in [0.29, 0.717) is 38.9 Å². The maximum atomic E-state index is 11.1. The first kappa shape index (κ1) is 18.6. The Morgan fingerprint density at radius 1 is 0.824 bits per heavy atom. The second-order valence-electron chi connectivity index (χ2n) is 3.65. The minimum Gasteiger partial charge on any atom is -0.466 e. The molecule has 0 radical (unpaired) electrons. The Hall–Kier alpha value is -0.770. The fourth-order valence-corrected chi connectivity index (χ4v) is 1.11. The zero-order valence-corrected chi connectivity index (χ0v) is 11.5. The van der Waals surface area contributed by atoms with E-state index in [1.807, 2.05) is 13.8 Å². The average Bonchev–Trinajstić information content (AvgIpc) is 2.29. The molecule has 0 aromatic heterocycles. The number of carbonyl (C=O) groups excluding carboxylic acids is 2. The monoisotopic (exact) mass is 266 g/mol. The quantitative estimate of drug-likeness (QED) is 0.476. The van der Waals surface area contributed by atoms with E-state index in [-0.39, 0.29) is 24.3 Å². The third-order valence-electron chi connectivity index (χ3n) is 1.95. The molecule has 0 aliphatic rings. The van der Waals surface area contributed by atoms with E-state index < -0.39 is 0 Å². The summed E-state index contributed by atoms with van der Waals surface area (Å²) in [6.07, 6.45) is 3.83. The Balaban J connectivity index is 0. The molecule has 0 aliphatic carbocycles. The molecule has 0 rings (SSSR count). The van der Waals surface area contributed by atoms with Crippen LogP contribution >= 0.6 is 12.4 Å². The minimum absolute atomic E-state index is 0. The summed E-state index contributed by atoms with van der Waals surface area (Å²) in [7, 11) is 0. The standard InChI is InChI=1S/C12H22O4.ClH/c1-3-9-15-11(13)7-5-6-8-12(14)16-10-4-2;/h3-10H2,1-2H3;1H. The summed E-state index contributed by atoms with van der Waals surface area (Å²) in [6.45, 7) is 4.88. The Bertz CT molecular complexity index is 185. The molecule has 0 unspecified atom stereocenters. The van der Waals surface area contributed by atoms with Crippen LogP contribution in [0.15, 0.2) is 0 Å². The Kier molecular flexibility index (Phi) is 14.5. The van der Waals surface area contributed by atoms with E-state index in [1.54, 1.807) is 0 Å². The second-order valence-corrected chi connectivity index (χ2v) is 3.65. The third-order valence-corrected chi connectivity index (χ3v) is 1.95. The zero-order chi connectivity index (χ0) is 12.2. The van der Waals surface area contributed by atoms with Crippen molar-refractivity contribution in [2.24, 2.45) is 0 Å². The lowest BCUT2D eigenvalue weighted by molar-refractivity contribution is -0.145. The predicted octanol–water partition coefficient (Wildman–Crippen LogP) is 2.88. The normalized spacial score (nSPS) is 9.29. The van der Waals surface area contributed by atoms with E-state index >= 15 is 0 Å². The Morgan fingerprint density at radius 3 is 1.47 bits per heavy atom. The van der Waals surface area contributed by atoms with Crippen molar-refractivity contribution < 1.29 is 19.1 Å². The largest absolute Gasteiger partial charge is 0.466 e. The zero-order valence-electron chi connectivity index (χ0n) is 10.7. The van der Waals surface area contributed by atoms with Gasteiger partial charge in [0.1, 0.15) is 0 Å². The Morgan fingerprint density at radius 2 is 1.18 bits per heavy atom. The molecule has 0 fully saturated rings. The van der Waals surface area contributed by atoms with Crippen molar-refractivity contribution in [3.05, 3.63) is 0 Å².